The molecule has 2 rings (SSSR count). The van der Waals surface area contributed by atoms with Crippen molar-refractivity contribution >= 4 is 9.84 Å². The molecule has 0 N–H and O–H groups in total. The van der Waals surface area contributed by atoms with Gasteiger partial charge in [-0.2, -0.15) is 0 Å². The van der Waals surface area contributed by atoms with Gasteiger partial charge in [0.25, 0.3) is 0 Å². The summed E-state index contributed by atoms with van der Waals surface area (Å²) in [5, 5.41) is 3.67. The van der Waals surface area contributed by atoms with Gasteiger partial charge in [0, 0.05) is 19.2 Å². The van der Waals surface area contributed by atoms with E-state index in [9.17, 15) is 8.42 Å². The standard InChI is InChI=1S/C18H30N4O3S/c1-13(2)7-9-22-16(11-19-18(22)26(23,24)14(3)4)12-21(6)15(5)17-8-10-25-20-17/h8,10-11,13-15H,7,9,12H2,1-6H3/t15-/m0/s1. The smallest absolute Gasteiger partial charge is 0.228 e. The molecule has 0 bridgehead atoms. The third-order valence-corrected chi connectivity index (χ3v) is 6.74. The molecule has 8 heteroatoms. The lowest BCUT2D eigenvalue weighted by Crippen LogP contribution is -2.25. The van der Waals surface area contributed by atoms with Gasteiger partial charge in [0.15, 0.2) is 0 Å². The highest BCUT2D eigenvalue weighted by Gasteiger charge is 2.27. The van der Waals surface area contributed by atoms with E-state index in [1.165, 1.54) is 0 Å². The van der Waals surface area contributed by atoms with E-state index < -0.39 is 15.1 Å². The fraction of sp³-hybridized carbons (Fsp3) is 0.667. The van der Waals surface area contributed by atoms with E-state index in [-0.39, 0.29) is 11.2 Å². The maximum Gasteiger partial charge on any atom is 0.228 e. The molecule has 0 spiro atoms. The average molecular weight is 383 g/mol. The summed E-state index contributed by atoms with van der Waals surface area (Å²) in [5.41, 5.74) is 1.73. The summed E-state index contributed by atoms with van der Waals surface area (Å²) < 4.78 is 32.2. The summed E-state index contributed by atoms with van der Waals surface area (Å²) in [4.78, 5) is 6.38. The Bertz CT molecular complexity index is 795. The number of nitrogens with zero attached hydrogens (tertiary/aromatic N) is 4. The monoisotopic (exact) mass is 382 g/mol. The second-order valence-electron chi connectivity index (χ2n) is 7.48. The van der Waals surface area contributed by atoms with E-state index >= 15 is 0 Å². The maximum absolute atomic E-state index is 12.7. The van der Waals surface area contributed by atoms with Crippen molar-refractivity contribution in [1.29, 1.82) is 0 Å². The lowest BCUT2D eigenvalue weighted by Gasteiger charge is -2.24. The summed E-state index contributed by atoms with van der Waals surface area (Å²) in [6, 6.07) is 1.89. The molecule has 0 aliphatic heterocycles. The molecule has 0 fully saturated rings. The zero-order valence-electron chi connectivity index (χ0n) is 16.5. The molecule has 0 saturated heterocycles. The van der Waals surface area contributed by atoms with E-state index in [1.54, 1.807) is 26.3 Å². The number of sulfone groups is 1. The van der Waals surface area contributed by atoms with E-state index in [2.05, 4.69) is 28.9 Å². The molecule has 0 aromatic carbocycles. The number of imidazole rings is 1. The van der Waals surface area contributed by atoms with Gasteiger partial charge in [-0.25, -0.2) is 13.4 Å². The van der Waals surface area contributed by atoms with Crippen molar-refractivity contribution < 1.29 is 12.9 Å². The van der Waals surface area contributed by atoms with Gasteiger partial charge < -0.3 is 9.09 Å². The van der Waals surface area contributed by atoms with Crippen LogP contribution in [0.3, 0.4) is 0 Å². The zero-order valence-corrected chi connectivity index (χ0v) is 17.3. The molecule has 26 heavy (non-hydrogen) atoms. The second-order valence-corrected chi connectivity index (χ2v) is 9.87. The van der Waals surface area contributed by atoms with Crippen molar-refractivity contribution in [1.82, 2.24) is 19.6 Å². The highest BCUT2D eigenvalue weighted by Crippen LogP contribution is 2.23. The number of aromatic nitrogens is 3. The average Bonchev–Trinajstić information content (AvgIpc) is 3.22. The molecule has 146 valence electrons. The van der Waals surface area contributed by atoms with Gasteiger partial charge >= 0.3 is 0 Å². The molecule has 7 nitrogen and oxygen atoms in total. The zero-order chi connectivity index (χ0) is 19.5. The van der Waals surface area contributed by atoms with Crippen molar-refractivity contribution in [3.05, 3.63) is 29.9 Å². The third-order valence-electron chi connectivity index (χ3n) is 4.67. The van der Waals surface area contributed by atoms with Gasteiger partial charge in [0.1, 0.15) is 12.0 Å². The Morgan fingerprint density at radius 1 is 1.23 bits per heavy atom. The highest BCUT2D eigenvalue weighted by molar-refractivity contribution is 7.91. The van der Waals surface area contributed by atoms with Crippen molar-refractivity contribution in [2.24, 2.45) is 5.92 Å². The van der Waals surface area contributed by atoms with E-state index in [0.717, 1.165) is 17.8 Å². The Balaban J connectivity index is 2.31. The first-order chi connectivity index (χ1) is 12.1. The first-order valence-corrected chi connectivity index (χ1v) is 10.6. The Labute approximate surface area is 156 Å². The van der Waals surface area contributed by atoms with Gasteiger partial charge in [-0.1, -0.05) is 19.0 Å². The minimum Gasteiger partial charge on any atom is -0.364 e. The molecule has 1 atom stereocenters. The second kappa shape index (κ2) is 8.35. The number of hydrogen-bond acceptors (Lipinski definition) is 6. The number of rotatable bonds is 9. The molecule has 0 unspecified atom stereocenters. The molecule has 2 heterocycles. The quantitative estimate of drug-likeness (QED) is 0.662. The largest absolute Gasteiger partial charge is 0.364 e. The Hall–Kier alpha value is -1.67. The molecular formula is C18H30N4O3S. The van der Waals surface area contributed by atoms with Crippen LogP contribution in [0.1, 0.15) is 58.5 Å². The minimum atomic E-state index is -3.43. The van der Waals surface area contributed by atoms with Crippen LogP contribution in [0.4, 0.5) is 0 Å². The summed E-state index contributed by atoms with van der Waals surface area (Å²) in [7, 11) is -1.45. The van der Waals surface area contributed by atoms with Crippen LogP contribution in [-0.4, -0.2) is 40.3 Å². The summed E-state index contributed by atoms with van der Waals surface area (Å²) in [5.74, 6) is 0.478. The van der Waals surface area contributed by atoms with E-state index in [4.69, 9.17) is 4.52 Å². The van der Waals surface area contributed by atoms with Crippen LogP contribution >= 0.6 is 0 Å². The highest BCUT2D eigenvalue weighted by atomic mass is 32.2. The fourth-order valence-corrected chi connectivity index (χ4v) is 3.78. The van der Waals surface area contributed by atoms with Gasteiger partial charge in [-0.15, -0.1) is 0 Å². The topological polar surface area (TPSA) is 81.2 Å². The van der Waals surface area contributed by atoms with Crippen LogP contribution in [0.5, 0.6) is 0 Å². The first-order valence-electron chi connectivity index (χ1n) is 9.03. The third kappa shape index (κ3) is 4.54. The summed E-state index contributed by atoms with van der Waals surface area (Å²) >= 11 is 0. The predicted molar refractivity (Wildman–Crippen MR) is 100 cm³/mol. The molecule has 0 radical (unpaired) electrons. The molecule has 0 amide bonds. The van der Waals surface area contributed by atoms with E-state index in [1.807, 2.05) is 24.6 Å². The summed E-state index contributed by atoms with van der Waals surface area (Å²) in [6.45, 7) is 10.9. The lowest BCUT2D eigenvalue weighted by molar-refractivity contribution is 0.233. The Morgan fingerprint density at radius 3 is 2.46 bits per heavy atom. The van der Waals surface area contributed by atoms with Crippen molar-refractivity contribution in [3.63, 3.8) is 0 Å². The lowest BCUT2D eigenvalue weighted by atomic mass is 10.1. The molecule has 0 aliphatic carbocycles. The SMILES string of the molecule is CC(C)CCn1c(CN(C)[C@@H](C)c2ccon2)cnc1S(=O)(=O)C(C)C. The Kier molecular flexibility index (Phi) is 6.63. The van der Waals surface area contributed by atoms with Crippen molar-refractivity contribution in [2.75, 3.05) is 7.05 Å². The van der Waals surface area contributed by atoms with Crippen molar-refractivity contribution in [2.45, 2.75) is 70.6 Å². The van der Waals surface area contributed by atoms with Crippen LogP contribution in [-0.2, 0) is 22.9 Å². The van der Waals surface area contributed by atoms with Gasteiger partial charge in [0.2, 0.25) is 15.0 Å². The first kappa shape index (κ1) is 20.6. The van der Waals surface area contributed by atoms with Crippen LogP contribution in [0.2, 0.25) is 0 Å². The molecule has 2 aromatic rings. The number of hydrogen-bond donors (Lipinski definition) is 0. The van der Waals surface area contributed by atoms with Crippen LogP contribution < -0.4 is 0 Å². The van der Waals surface area contributed by atoms with Crippen LogP contribution in [0.15, 0.2) is 28.2 Å². The van der Waals surface area contributed by atoms with Gasteiger partial charge in [-0.3, -0.25) is 4.90 Å². The van der Waals surface area contributed by atoms with Gasteiger partial charge in [-0.05, 0) is 40.2 Å². The maximum atomic E-state index is 12.7. The normalized spacial score (nSPS) is 13.9. The van der Waals surface area contributed by atoms with E-state index in [0.29, 0.717) is 19.0 Å². The minimum absolute atomic E-state index is 0.0485. The van der Waals surface area contributed by atoms with Crippen molar-refractivity contribution in [3.8, 4) is 0 Å². The molecule has 0 saturated carbocycles. The molecule has 0 aliphatic rings. The van der Waals surface area contributed by atoms with Crippen LogP contribution in [0.25, 0.3) is 0 Å². The molecule has 2 aromatic heterocycles. The summed E-state index contributed by atoms with van der Waals surface area (Å²) in [6.07, 6.45) is 4.13. The van der Waals surface area contributed by atoms with Crippen LogP contribution in [0, 0.1) is 5.92 Å². The fourth-order valence-electron chi connectivity index (χ4n) is 2.64. The molecular weight excluding hydrogens is 352 g/mol. The predicted octanol–water partition coefficient (Wildman–Crippen LogP) is 3.29. The van der Waals surface area contributed by atoms with Gasteiger partial charge in [0.05, 0.1) is 23.2 Å². The Morgan fingerprint density at radius 2 is 1.92 bits per heavy atom.